The molecule has 0 aromatic heterocycles. The summed E-state index contributed by atoms with van der Waals surface area (Å²) in [7, 11) is 0. The van der Waals surface area contributed by atoms with E-state index < -0.39 is 0 Å². The molecule has 1 amide bonds. The summed E-state index contributed by atoms with van der Waals surface area (Å²) in [5, 5.41) is 3.61. The topological polar surface area (TPSA) is 44.8 Å². The van der Waals surface area contributed by atoms with Crippen LogP contribution in [0.25, 0.3) is 6.08 Å². The maximum Gasteiger partial charge on any atom is 0.236 e. The van der Waals surface area contributed by atoms with Crippen LogP contribution < -0.4 is 5.32 Å². The van der Waals surface area contributed by atoms with Gasteiger partial charge in [-0.2, -0.15) is 0 Å². The molecule has 1 aromatic carbocycles. The Labute approximate surface area is 149 Å². The van der Waals surface area contributed by atoms with Crippen LogP contribution in [0.2, 0.25) is 0 Å². The molecule has 4 aliphatic heterocycles. The van der Waals surface area contributed by atoms with Crippen LogP contribution in [0.3, 0.4) is 0 Å². The Morgan fingerprint density at radius 3 is 2.52 bits per heavy atom. The minimum absolute atomic E-state index is 0.264. The predicted molar refractivity (Wildman–Crippen MR) is 98.4 cm³/mol. The number of carbonyl (C=O) groups excluding carboxylic acids is 1. The Bertz CT molecular complexity index is 625. The average Bonchev–Trinajstić information content (AvgIpc) is 2.64. The number of fused-ring (bicyclic) bond motifs is 2. The number of benzene rings is 1. The average molecular weight is 341 g/mol. The zero-order valence-electron chi connectivity index (χ0n) is 14.9. The first kappa shape index (κ1) is 16.8. The van der Waals surface area contributed by atoms with E-state index >= 15 is 0 Å². The molecule has 5 rings (SSSR count). The van der Waals surface area contributed by atoms with Crippen LogP contribution in [-0.4, -0.2) is 73.7 Å². The molecule has 0 radical (unpaired) electrons. The predicted octanol–water partition coefficient (Wildman–Crippen LogP) is 1.32. The van der Waals surface area contributed by atoms with Gasteiger partial charge in [0.25, 0.3) is 0 Å². The third-order valence-corrected chi connectivity index (χ3v) is 5.63. The van der Waals surface area contributed by atoms with Crippen molar-refractivity contribution in [3.05, 3.63) is 41.5 Å². The van der Waals surface area contributed by atoms with E-state index in [1.54, 1.807) is 0 Å². The second-order valence-corrected chi connectivity index (χ2v) is 7.26. The number of carbonyl (C=O) groups is 1. The van der Waals surface area contributed by atoms with Crippen molar-refractivity contribution in [3.8, 4) is 0 Å². The minimum atomic E-state index is 0.264. The van der Waals surface area contributed by atoms with Gasteiger partial charge in [0.2, 0.25) is 5.91 Å². The van der Waals surface area contributed by atoms with Crippen molar-refractivity contribution in [2.45, 2.75) is 24.9 Å². The number of ether oxygens (including phenoxy) is 1. The highest BCUT2D eigenvalue weighted by Crippen LogP contribution is 2.37. The Morgan fingerprint density at radius 1 is 1.20 bits per heavy atom. The Balaban J connectivity index is 1.34. The molecule has 4 heterocycles. The number of rotatable bonds is 4. The molecule has 134 valence electrons. The zero-order valence-corrected chi connectivity index (χ0v) is 14.9. The highest BCUT2D eigenvalue weighted by molar-refractivity contribution is 5.78. The number of amides is 1. The fourth-order valence-electron chi connectivity index (χ4n) is 4.27. The summed E-state index contributed by atoms with van der Waals surface area (Å²) in [5.41, 5.74) is 2.63. The van der Waals surface area contributed by atoms with Crippen molar-refractivity contribution in [2.75, 3.05) is 45.9 Å². The molecule has 1 aromatic rings. The zero-order chi connectivity index (χ0) is 17.2. The quantitative estimate of drug-likeness (QED) is 0.897. The van der Waals surface area contributed by atoms with Crippen molar-refractivity contribution >= 4 is 12.0 Å². The van der Waals surface area contributed by atoms with Crippen molar-refractivity contribution in [2.24, 2.45) is 0 Å². The van der Waals surface area contributed by atoms with Crippen LogP contribution in [-0.2, 0) is 9.53 Å². The van der Waals surface area contributed by atoms with Crippen LogP contribution in [0, 0.1) is 0 Å². The van der Waals surface area contributed by atoms with E-state index in [4.69, 9.17) is 4.74 Å². The fraction of sp³-hybridized carbons (Fsp3) is 0.550. The van der Waals surface area contributed by atoms with E-state index in [2.05, 4.69) is 46.6 Å². The number of piperidine rings is 1. The molecular formula is C20H27N3O2. The van der Waals surface area contributed by atoms with E-state index in [1.165, 1.54) is 11.1 Å². The Morgan fingerprint density at radius 2 is 1.88 bits per heavy atom. The number of hydrogen-bond donors (Lipinski definition) is 1. The van der Waals surface area contributed by atoms with Gasteiger partial charge in [-0.05, 0) is 18.1 Å². The molecular weight excluding hydrogens is 314 g/mol. The molecule has 5 heteroatoms. The smallest absolute Gasteiger partial charge is 0.236 e. The van der Waals surface area contributed by atoms with Crippen molar-refractivity contribution in [1.82, 2.24) is 15.1 Å². The largest absolute Gasteiger partial charge is 0.379 e. The first-order valence-corrected chi connectivity index (χ1v) is 9.31. The molecule has 25 heavy (non-hydrogen) atoms. The van der Waals surface area contributed by atoms with Gasteiger partial charge in [-0.15, -0.1) is 0 Å². The van der Waals surface area contributed by atoms with Gasteiger partial charge in [0.1, 0.15) is 0 Å². The second-order valence-electron chi connectivity index (χ2n) is 7.26. The number of nitrogens with zero attached hydrogens (tertiary/aromatic N) is 2. The first-order chi connectivity index (χ1) is 12.2. The first-order valence-electron chi connectivity index (χ1n) is 9.31. The summed E-state index contributed by atoms with van der Waals surface area (Å²) >= 11 is 0. The number of morpholine rings is 1. The number of nitrogens with one attached hydrogen (secondary N) is 1. The van der Waals surface area contributed by atoms with E-state index in [0.717, 1.165) is 39.4 Å². The third-order valence-electron chi connectivity index (χ3n) is 5.63. The Hall–Kier alpha value is -1.69. The lowest BCUT2D eigenvalue weighted by molar-refractivity contribution is -0.138. The van der Waals surface area contributed by atoms with Gasteiger partial charge in [-0.3, -0.25) is 9.69 Å². The number of hydrogen-bond acceptors (Lipinski definition) is 4. The monoisotopic (exact) mass is 341 g/mol. The highest BCUT2D eigenvalue weighted by Gasteiger charge is 2.48. The van der Waals surface area contributed by atoms with E-state index in [0.29, 0.717) is 24.5 Å². The van der Waals surface area contributed by atoms with Gasteiger partial charge in [-0.1, -0.05) is 36.4 Å². The van der Waals surface area contributed by atoms with Gasteiger partial charge in [0, 0.05) is 44.2 Å². The summed E-state index contributed by atoms with van der Waals surface area (Å²) in [4.78, 5) is 16.9. The SMILES string of the molecule is C/C=C/c1ccc(C2[C@@H]3CN(C(=O)CN4CCOCC4)C[C@H]2N3)cc1. The molecule has 1 N–H and O–H groups in total. The molecule has 3 atom stereocenters. The van der Waals surface area contributed by atoms with Crippen LogP contribution >= 0.6 is 0 Å². The number of piperazine rings is 1. The summed E-state index contributed by atoms with van der Waals surface area (Å²) in [5.74, 6) is 0.798. The highest BCUT2D eigenvalue weighted by atomic mass is 16.5. The van der Waals surface area contributed by atoms with Crippen LogP contribution in [0.15, 0.2) is 30.3 Å². The number of allylic oxidation sites excluding steroid dienone is 1. The van der Waals surface area contributed by atoms with Gasteiger partial charge < -0.3 is 15.0 Å². The van der Waals surface area contributed by atoms with Crippen LogP contribution in [0.5, 0.6) is 0 Å². The summed E-state index contributed by atoms with van der Waals surface area (Å²) < 4.78 is 5.36. The normalized spacial score (nSPS) is 29.6. The summed E-state index contributed by atoms with van der Waals surface area (Å²) in [6, 6.07) is 9.63. The fourth-order valence-corrected chi connectivity index (χ4v) is 4.27. The lowest BCUT2D eigenvalue weighted by Gasteiger charge is -2.55. The van der Waals surface area contributed by atoms with Crippen molar-refractivity contribution in [1.29, 1.82) is 0 Å². The molecule has 0 saturated carbocycles. The van der Waals surface area contributed by atoms with Gasteiger partial charge in [0.05, 0.1) is 19.8 Å². The van der Waals surface area contributed by atoms with E-state index in [9.17, 15) is 4.79 Å². The van der Waals surface area contributed by atoms with Crippen LogP contribution in [0.4, 0.5) is 0 Å². The van der Waals surface area contributed by atoms with E-state index in [-0.39, 0.29) is 5.91 Å². The lowest BCUT2D eigenvalue weighted by atomic mass is 9.74. The molecule has 2 bridgehead atoms. The maximum atomic E-state index is 12.6. The molecule has 0 spiro atoms. The van der Waals surface area contributed by atoms with Crippen LogP contribution in [0.1, 0.15) is 24.0 Å². The lowest BCUT2D eigenvalue weighted by Crippen LogP contribution is -2.72. The second kappa shape index (κ2) is 7.28. The molecule has 4 aliphatic rings. The van der Waals surface area contributed by atoms with Gasteiger partial charge in [-0.25, -0.2) is 0 Å². The molecule has 4 saturated heterocycles. The van der Waals surface area contributed by atoms with Gasteiger partial charge in [0.15, 0.2) is 0 Å². The van der Waals surface area contributed by atoms with E-state index in [1.807, 2.05) is 11.8 Å². The molecule has 4 fully saturated rings. The van der Waals surface area contributed by atoms with Crippen molar-refractivity contribution in [3.63, 3.8) is 0 Å². The maximum absolute atomic E-state index is 12.6. The molecule has 1 unspecified atom stereocenters. The van der Waals surface area contributed by atoms with Gasteiger partial charge >= 0.3 is 0 Å². The Kier molecular flexibility index (Phi) is 4.88. The standard InChI is InChI=1S/C20H27N3O2/c1-2-3-15-4-6-16(7-5-15)20-17-12-23(13-18(20)21-17)19(24)14-22-8-10-25-11-9-22/h2-7,17-18,20-21H,8-14H2,1H3/b3-2+/t17-,18+,20?. The minimum Gasteiger partial charge on any atom is -0.379 e. The summed E-state index contributed by atoms with van der Waals surface area (Å²) in [6.07, 6.45) is 4.18. The summed E-state index contributed by atoms with van der Waals surface area (Å²) in [6.45, 7) is 7.43. The molecule has 5 nitrogen and oxygen atoms in total. The van der Waals surface area contributed by atoms with Crippen molar-refractivity contribution < 1.29 is 9.53 Å². The molecule has 0 aliphatic carbocycles. The third kappa shape index (κ3) is 3.50.